The zero-order valence-electron chi connectivity index (χ0n) is 15.8. The molecule has 1 aliphatic rings. The standard InChI is InChI=1S/C21H21ClN4OS/c1-13-3-5-15(11-18(13)22)25-19-16-6-4-14(2)24-20(16)23-12-17(19)21(27)26-7-9-28-10-8-26/h3-6,11-12H,7-10H2,1-2H3,(H,23,24,25). The Balaban J connectivity index is 1.81. The molecule has 3 aromatic rings. The third kappa shape index (κ3) is 3.80. The van der Waals surface area contributed by atoms with Crippen molar-refractivity contribution >= 4 is 51.7 Å². The summed E-state index contributed by atoms with van der Waals surface area (Å²) in [4.78, 5) is 24.1. The van der Waals surface area contributed by atoms with Crippen LogP contribution in [0.2, 0.25) is 5.02 Å². The minimum atomic E-state index is -0.00372. The minimum absolute atomic E-state index is 0.00372. The molecule has 0 spiro atoms. The second-order valence-corrected chi connectivity index (χ2v) is 8.50. The van der Waals surface area contributed by atoms with Crippen molar-refractivity contribution < 1.29 is 4.79 Å². The highest BCUT2D eigenvalue weighted by Crippen LogP contribution is 2.31. The second kappa shape index (κ2) is 7.97. The van der Waals surface area contributed by atoms with E-state index in [-0.39, 0.29) is 5.91 Å². The molecule has 2 aromatic heterocycles. The highest BCUT2D eigenvalue weighted by Gasteiger charge is 2.23. The van der Waals surface area contributed by atoms with Crippen molar-refractivity contribution in [1.29, 1.82) is 0 Å². The Morgan fingerprint density at radius 1 is 1.18 bits per heavy atom. The Morgan fingerprint density at radius 2 is 1.96 bits per heavy atom. The van der Waals surface area contributed by atoms with Crippen LogP contribution < -0.4 is 5.32 Å². The average Bonchev–Trinajstić information content (AvgIpc) is 2.71. The van der Waals surface area contributed by atoms with Crippen LogP contribution in [-0.4, -0.2) is 45.4 Å². The van der Waals surface area contributed by atoms with Gasteiger partial charge in [0.15, 0.2) is 5.65 Å². The van der Waals surface area contributed by atoms with Crippen molar-refractivity contribution in [3.05, 3.63) is 58.4 Å². The number of aromatic nitrogens is 2. The first kappa shape index (κ1) is 19.0. The van der Waals surface area contributed by atoms with Crippen molar-refractivity contribution in [1.82, 2.24) is 14.9 Å². The van der Waals surface area contributed by atoms with Crippen LogP contribution in [0, 0.1) is 13.8 Å². The maximum atomic E-state index is 13.2. The van der Waals surface area contributed by atoms with Crippen LogP contribution in [0.5, 0.6) is 0 Å². The number of benzene rings is 1. The third-order valence-corrected chi connectivity index (χ3v) is 6.19. The lowest BCUT2D eigenvalue weighted by atomic mass is 10.1. The van der Waals surface area contributed by atoms with Crippen molar-refractivity contribution in [2.45, 2.75) is 13.8 Å². The van der Waals surface area contributed by atoms with Crippen LogP contribution in [-0.2, 0) is 0 Å². The number of aryl methyl sites for hydroxylation is 2. The van der Waals surface area contributed by atoms with E-state index in [1.54, 1.807) is 6.20 Å². The smallest absolute Gasteiger partial charge is 0.257 e. The fraction of sp³-hybridized carbons (Fsp3) is 0.286. The number of nitrogens with one attached hydrogen (secondary N) is 1. The maximum Gasteiger partial charge on any atom is 0.257 e. The number of nitrogens with zero attached hydrogens (tertiary/aromatic N) is 3. The molecule has 3 heterocycles. The highest BCUT2D eigenvalue weighted by molar-refractivity contribution is 7.99. The Labute approximate surface area is 173 Å². The van der Waals surface area contributed by atoms with Gasteiger partial charge in [0.05, 0.1) is 11.3 Å². The number of carbonyl (C=O) groups is 1. The zero-order chi connectivity index (χ0) is 19.7. The van der Waals surface area contributed by atoms with Crippen molar-refractivity contribution in [3.8, 4) is 0 Å². The van der Waals surface area contributed by atoms with Gasteiger partial charge >= 0.3 is 0 Å². The van der Waals surface area contributed by atoms with Crippen LogP contribution in [0.15, 0.2) is 36.5 Å². The Bertz CT molecular complexity index is 1050. The summed E-state index contributed by atoms with van der Waals surface area (Å²) in [7, 11) is 0. The predicted octanol–water partition coefficient (Wildman–Crippen LogP) is 4.83. The van der Waals surface area contributed by atoms with Crippen molar-refractivity contribution in [2.24, 2.45) is 0 Å². The Hall–Kier alpha value is -2.31. The molecule has 1 aliphatic heterocycles. The van der Waals surface area contributed by atoms with E-state index in [9.17, 15) is 4.79 Å². The van der Waals surface area contributed by atoms with E-state index < -0.39 is 0 Å². The van der Waals surface area contributed by atoms with E-state index in [4.69, 9.17) is 11.6 Å². The molecule has 1 aromatic carbocycles. The predicted molar refractivity (Wildman–Crippen MR) is 117 cm³/mol. The lowest BCUT2D eigenvalue weighted by Crippen LogP contribution is -2.38. The summed E-state index contributed by atoms with van der Waals surface area (Å²) in [6.45, 7) is 5.40. The Kier molecular flexibility index (Phi) is 5.42. The number of hydrogen-bond acceptors (Lipinski definition) is 5. The van der Waals surface area contributed by atoms with Gasteiger partial charge in [-0.2, -0.15) is 11.8 Å². The summed E-state index contributed by atoms with van der Waals surface area (Å²) in [6, 6.07) is 9.69. The monoisotopic (exact) mass is 412 g/mol. The largest absolute Gasteiger partial charge is 0.354 e. The molecule has 4 rings (SSSR count). The molecule has 1 saturated heterocycles. The van der Waals surface area contributed by atoms with Crippen molar-refractivity contribution in [3.63, 3.8) is 0 Å². The van der Waals surface area contributed by atoms with Crippen LogP contribution >= 0.6 is 23.4 Å². The molecule has 144 valence electrons. The molecule has 1 amide bonds. The average molecular weight is 413 g/mol. The number of rotatable bonds is 3. The van der Waals surface area contributed by atoms with Gasteiger partial charge in [-0.25, -0.2) is 9.97 Å². The number of halogens is 1. The van der Waals surface area contributed by atoms with E-state index in [0.717, 1.165) is 52.6 Å². The van der Waals surface area contributed by atoms with E-state index in [1.165, 1.54) is 0 Å². The van der Waals surface area contributed by atoms with E-state index >= 15 is 0 Å². The number of fused-ring (bicyclic) bond motifs is 1. The van der Waals surface area contributed by atoms with Gasteiger partial charge in [0.1, 0.15) is 0 Å². The van der Waals surface area contributed by atoms with E-state index in [1.807, 2.05) is 60.8 Å². The van der Waals surface area contributed by atoms with Gasteiger partial charge < -0.3 is 10.2 Å². The highest BCUT2D eigenvalue weighted by atomic mass is 35.5. The van der Waals surface area contributed by atoms with E-state index in [0.29, 0.717) is 16.2 Å². The van der Waals surface area contributed by atoms with E-state index in [2.05, 4.69) is 15.3 Å². The summed E-state index contributed by atoms with van der Waals surface area (Å²) in [5, 5.41) is 4.90. The molecule has 0 radical (unpaired) electrons. The van der Waals surface area contributed by atoms with Gasteiger partial charge in [0.25, 0.3) is 5.91 Å². The number of amides is 1. The zero-order valence-corrected chi connectivity index (χ0v) is 17.4. The summed E-state index contributed by atoms with van der Waals surface area (Å²) < 4.78 is 0. The minimum Gasteiger partial charge on any atom is -0.354 e. The number of hydrogen-bond donors (Lipinski definition) is 1. The molecule has 1 N–H and O–H groups in total. The number of thioether (sulfide) groups is 1. The normalized spacial score (nSPS) is 14.3. The van der Waals surface area contributed by atoms with Gasteiger partial charge in [0.2, 0.25) is 0 Å². The number of pyridine rings is 2. The van der Waals surface area contributed by atoms with Crippen LogP contribution in [0.3, 0.4) is 0 Å². The van der Waals surface area contributed by atoms with Gasteiger partial charge in [-0.05, 0) is 43.7 Å². The number of anilines is 2. The first-order chi connectivity index (χ1) is 13.5. The maximum absolute atomic E-state index is 13.2. The molecule has 0 atom stereocenters. The van der Waals surface area contributed by atoms with Crippen molar-refractivity contribution in [2.75, 3.05) is 29.9 Å². The third-order valence-electron chi connectivity index (χ3n) is 4.84. The first-order valence-electron chi connectivity index (χ1n) is 9.19. The topological polar surface area (TPSA) is 58.1 Å². The molecule has 0 unspecified atom stereocenters. The molecule has 0 bridgehead atoms. The fourth-order valence-corrected chi connectivity index (χ4v) is 4.30. The molecule has 1 fully saturated rings. The van der Waals surface area contributed by atoms with Gasteiger partial charge in [-0.15, -0.1) is 0 Å². The van der Waals surface area contributed by atoms with Gasteiger partial charge in [-0.3, -0.25) is 4.79 Å². The van der Waals surface area contributed by atoms with Gasteiger partial charge in [0, 0.05) is 52.6 Å². The summed E-state index contributed by atoms with van der Waals surface area (Å²) >= 11 is 8.18. The summed E-state index contributed by atoms with van der Waals surface area (Å²) in [5.41, 5.74) is 4.61. The molecule has 0 saturated carbocycles. The second-order valence-electron chi connectivity index (χ2n) is 6.86. The Morgan fingerprint density at radius 3 is 2.71 bits per heavy atom. The fourth-order valence-electron chi connectivity index (χ4n) is 3.22. The lowest BCUT2D eigenvalue weighted by molar-refractivity contribution is 0.0773. The van der Waals surface area contributed by atoms with Crippen LogP contribution in [0.25, 0.3) is 11.0 Å². The molecule has 5 nitrogen and oxygen atoms in total. The van der Waals surface area contributed by atoms with Crippen LogP contribution in [0.4, 0.5) is 11.4 Å². The first-order valence-corrected chi connectivity index (χ1v) is 10.7. The van der Waals surface area contributed by atoms with Gasteiger partial charge in [-0.1, -0.05) is 17.7 Å². The SMILES string of the molecule is Cc1ccc2c(Nc3ccc(C)c(Cl)c3)c(C(=O)N3CCSCC3)cnc2n1. The lowest BCUT2D eigenvalue weighted by Gasteiger charge is -2.27. The summed E-state index contributed by atoms with van der Waals surface area (Å²) in [6.07, 6.45) is 1.64. The molecular weight excluding hydrogens is 392 g/mol. The molecule has 28 heavy (non-hydrogen) atoms. The molecule has 7 heteroatoms. The quantitative estimate of drug-likeness (QED) is 0.667. The number of carbonyl (C=O) groups excluding carboxylic acids is 1. The molecule has 0 aliphatic carbocycles. The summed E-state index contributed by atoms with van der Waals surface area (Å²) in [5.74, 6) is 1.92. The molecular formula is C21H21ClN4OS. The van der Waals surface area contributed by atoms with Crippen LogP contribution in [0.1, 0.15) is 21.6 Å².